The van der Waals surface area contributed by atoms with Gasteiger partial charge in [-0.2, -0.15) is 9.98 Å². The molecule has 0 saturated heterocycles. The maximum absolute atomic E-state index is 12.8. The zero-order valence-corrected chi connectivity index (χ0v) is 30.1. The zero-order chi connectivity index (χ0) is 33.1. The highest BCUT2D eigenvalue weighted by atomic mass is 32.1. The molecule has 0 bridgehead atoms. The maximum Gasteiger partial charge on any atom is 0.248 e. The Hall–Kier alpha value is -2.92. The molecule has 4 rings (SSSR count). The van der Waals surface area contributed by atoms with Crippen molar-refractivity contribution in [3.05, 3.63) is 56.1 Å². The van der Waals surface area contributed by atoms with Crippen LogP contribution in [0.5, 0.6) is 0 Å². The van der Waals surface area contributed by atoms with Crippen LogP contribution >= 0.6 is 22.7 Å². The van der Waals surface area contributed by atoms with Crippen LogP contribution in [0.4, 0.5) is 0 Å². The molecule has 0 aliphatic rings. The number of hydrogen-bond acceptors (Lipinski definition) is 6. The number of amides is 2. The Morgan fingerprint density at radius 1 is 0.630 bits per heavy atom. The fourth-order valence-corrected chi connectivity index (χ4v) is 8.06. The van der Waals surface area contributed by atoms with Gasteiger partial charge in [-0.1, -0.05) is 60.5 Å². The van der Waals surface area contributed by atoms with Crippen LogP contribution in [0.1, 0.15) is 87.5 Å². The number of benzene rings is 2. The summed E-state index contributed by atoms with van der Waals surface area (Å²) < 4.78 is 17.8. The average molecular weight is 667 g/mol. The van der Waals surface area contributed by atoms with Gasteiger partial charge in [-0.25, -0.2) is 0 Å². The molecule has 0 saturated carbocycles. The van der Waals surface area contributed by atoms with Crippen LogP contribution < -0.4 is 9.60 Å². The van der Waals surface area contributed by atoms with E-state index in [1.165, 1.54) is 31.7 Å². The van der Waals surface area contributed by atoms with E-state index in [2.05, 4.69) is 71.1 Å². The molecule has 2 aromatic heterocycles. The number of rotatable bonds is 17. The molecule has 0 fully saturated rings. The number of aromatic nitrogens is 2. The molecule has 0 radical (unpaired) electrons. The molecule has 0 spiro atoms. The minimum Gasteiger partial charge on any atom is -0.380 e. The van der Waals surface area contributed by atoms with Crippen molar-refractivity contribution >= 4 is 54.9 Å². The predicted molar refractivity (Wildman–Crippen MR) is 190 cm³/mol. The summed E-state index contributed by atoms with van der Waals surface area (Å²) in [7, 11) is 0. The van der Waals surface area contributed by atoms with Gasteiger partial charge in [0.05, 0.1) is 33.6 Å². The second-order valence-corrected chi connectivity index (χ2v) is 13.9. The molecule has 0 aliphatic carbocycles. The van der Waals surface area contributed by atoms with Gasteiger partial charge in [-0.3, -0.25) is 9.59 Å². The highest BCUT2D eigenvalue weighted by molar-refractivity contribution is 7.17. The van der Waals surface area contributed by atoms with Gasteiger partial charge in [0, 0.05) is 39.1 Å². The van der Waals surface area contributed by atoms with Crippen molar-refractivity contribution in [2.45, 2.75) is 106 Å². The highest BCUT2D eigenvalue weighted by Crippen LogP contribution is 2.25. The number of thiazole rings is 2. The van der Waals surface area contributed by atoms with Gasteiger partial charge in [0.15, 0.2) is 9.60 Å². The smallest absolute Gasteiger partial charge is 0.248 e. The molecule has 2 amide bonds. The molecule has 2 aromatic carbocycles. The van der Waals surface area contributed by atoms with E-state index in [-0.39, 0.29) is 11.8 Å². The molecular formula is C36H50N4O4S2. The number of aryl methyl sites for hydroxylation is 4. The minimum atomic E-state index is -0.0663. The SMILES string of the molecule is CCOCCn1c(=NC(=O)CCCCCCCCC(=O)N=c2sc3c(C)cc(C)cc3n2CCOCC)sc2c(C)cc(C)cc21. The summed E-state index contributed by atoms with van der Waals surface area (Å²) in [6.45, 7) is 16.3. The van der Waals surface area contributed by atoms with E-state index >= 15 is 0 Å². The van der Waals surface area contributed by atoms with Gasteiger partial charge < -0.3 is 18.6 Å². The second kappa shape index (κ2) is 17.8. The van der Waals surface area contributed by atoms with Gasteiger partial charge in [0.1, 0.15) is 0 Å². The Labute approximate surface area is 280 Å². The van der Waals surface area contributed by atoms with Gasteiger partial charge in [0.25, 0.3) is 0 Å². The average Bonchev–Trinajstić information content (AvgIpc) is 3.52. The van der Waals surface area contributed by atoms with Crippen molar-refractivity contribution in [3.63, 3.8) is 0 Å². The van der Waals surface area contributed by atoms with Crippen LogP contribution in [0.15, 0.2) is 34.3 Å². The predicted octanol–water partition coefficient (Wildman–Crippen LogP) is 7.70. The molecule has 8 nitrogen and oxygen atoms in total. The first-order chi connectivity index (χ1) is 22.2. The quantitative estimate of drug-likeness (QED) is 0.108. The summed E-state index contributed by atoms with van der Waals surface area (Å²) in [5.74, 6) is -0.133. The van der Waals surface area contributed by atoms with Crippen LogP contribution in [0.2, 0.25) is 0 Å². The number of ether oxygens (including phenoxy) is 2. The Morgan fingerprint density at radius 3 is 1.41 bits per heavy atom. The molecule has 2 heterocycles. The van der Waals surface area contributed by atoms with Gasteiger partial charge >= 0.3 is 0 Å². The molecule has 0 atom stereocenters. The van der Waals surface area contributed by atoms with Crippen molar-refractivity contribution in [2.24, 2.45) is 9.98 Å². The third kappa shape index (κ3) is 9.80. The lowest BCUT2D eigenvalue weighted by Gasteiger charge is -2.07. The van der Waals surface area contributed by atoms with Crippen LogP contribution in [-0.2, 0) is 32.2 Å². The molecule has 10 heteroatoms. The summed E-state index contributed by atoms with van der Waals surface area (Å²) in [5.41, 5.74) is 7.06. The lowest BCUT2D eigenvalue weighted by molar-refractivity contribution is -0.119. The standard InChI is InChI=1S/C36H50N4O4S2/c1-7-43-19-17-39-29-23-25(3)21-27(5)33(29)45-35(39)37-31(41)15-13-11-9-10-12-14-16-32(42)38-36-40(18-20-44-8-2)30-24-26(4)22-28(6)34(30)46-36/h21-24H,7-20H2,1-6H3. The Balaban J connectivity index is 1.24. The van der Waals surface area contributed by atoms with E-state index in [9.17, 15) is 9.59 Å². The number of unbranched alkanes of at least 4 members (excludes halogenated alkanes) is 5. The maximum atomic E-state index is 12.8. The van der Waals surface area contributed by atoms with Crippen molar-refractivity contribution in [2.75, 3.05) is 26.4 Å². The summed E-state index contributed by atoms with van der Waals surface area (Å²) >= 11 is 3.17. The fourth-order valence-electron chi connectivity index (χ4n) is 5.81. The third-order valence-electron chi connectivity index (χ3n) is 8.03. The number of carbonyl (C=O) groups is 2. The summed E-state index contributed by atoms with van der Waals surface area (Å²) in [6.07, 6.45) is 6.60. The normalized spacial score (nSPS) is 12.7. The molecule has 0 N–H and O–H groups in total. The van der Waals surface area contributed by atoms with E-state index in [0.717, 1.165) is 59.2 Å². The molecule has 4 aromatic rings. The van der Waals surface area contributed by atoms with Gasteiger partial charge in [0.2, 0.25) is 11.8 Å². The summed E-state index contributed by atoms with van der Waals surface area (Å²) in [4.78, 5) is 36.2. The van der Waals surface area contributed by atoms with Gasteiger partial charge in [-0.15, -0.1) is 0 Å². The highest BCUT2D eigenvalue weighted by Gasteiger charge is 2.12. The number of carbonyl (C=O) groups excluding carboxylic acids is 2. The Morgan fingerprint density at radius 2 is 1.02 bits per heavy atom. The lowest BCUT2D eigenvalue weighted by Crippen LogP contribution is -2.19. The number of fused-ring (bicyclic) bond motifs is 2. The van der Waals surface area contributed by atoms with E-state index in [4.69, 9.17) is 9.47 Å². The topological polar surface area (TPSA) is 87.2 Å². The summed E-state index contributed by atoms with van der Waals surface area (Å²) in [5, 5.41) is 0. The van der Waals surface area contributed by atoms with Crippen molar-refractivity contribution < 1.29 is 19.1 Å². The number of nitrogens with zero attached hydrogens (tertiary/aromatic N) is 4. The molecule has 0 unspecified atom stereocenters. The van der Waals surface area contributed by atoms with Crippen LogP contribution in [-0.4, -0.2) is 47.4 Å². The van der Waals surface area contributed by atoms with Crippen molar-refractivity contribution in [3.8, 4) is 0 Å². The Kier molecular flexibility index (Phi) is 13.9. The minimum absolute atomic E-state index is 0.0663. The Bertz CT molecular complexity index is 1650. The molecule has 46 heavy (non-hydrogen) atoms. The third-order valence-corrected chi connectivity index (χ3v) is 10.5. The van der Waals surface area contributed by atoms with Crippen molar-refractivity contribution in [1.29, 1.82) is 0 Å². The van der Waals surface area contributed by atoms with Gasteiger partial charge in [-0.05, 0) is 88.8 Å². The largest absolute Gasteiger partial charge is 0.380 e. The van der Waals surface area contributed by atoms with Crippen LogP contribution in [0, 0.1) is 27.7 Å². The summed E-state index contributed by atoms with van der Waals surface area (Å²) in [6, 6.07) is 8.69. The first-order valence-corrected chi connectivity index (χ1v) is 18.4. The fraction of sp³-hybridized carbons (Fsp3) is 0.556. The first kappa shape index (κ1) is 35.9. The van der Waals surface area contributed by atoms with Crippen LogP contribution in [0.3, 0.4) is 0 Å². The van der Waals surface area contributed by atoms with Crippen LogP contribution in [0.25, 0.3) is 20.4 Å². The monoisotopic (exact) mass is 666 g/mol. The van der Waals surface area contributed by atoms with Crippen molar-refractivity contribution in [1.82, 2.24) is 9.13 Å². The molecule has 0 aliphatic heterocycles. The van der Waals surface area contributed by atoms with E-state index in [1.807, 2.05) is 13.8 Å². The molecular weight excluding hydrogens is 617 g/mol. The number of hydrogen-bond donors (Lipinski definition) is 0. The second-order valence-electron chi connectivity index (χ2n) is 12.0. The lowest BCUT2D eigenvalue weighted by atomic mass is 10.1. The zero-order valence-electron chi connectivity index (χ0n) is 28.4. The first-order valence-electron chi connectivity index (χ1n) is 16.7. The van der Waals surface area contributed by atoms with E-state index < -0.39 is 0 Å². The van der Waals surface area contributed by atoms with E-state index in [0.29, 0.717) is 52.4 Å². The van der Waals surface area contributed by atoms with E-state index in [1.54, 1.807) is 22.7 Å². The molecule has 250 valence electrons.